The first-order valence-corrected chi connectivity index (χ1v) is 7.88. The van der Waals surface area contributed by atoms with Gasteiger partial charge in [0.25, 0.3) is 0 Å². The average molecular weight is 340 g/mol. The number of nitrogens with zero attached hydrogens (tertiary/aromatic N) is 1. The van der Waals surface area contributed by atoms with Gasteiger partial charge in [-0.05, 0) is 51.6 Å². The minimum Gasteiger partial charge on any atom is -0.352 e. The van der Waals surface area contributed by atoms with E-state index in [1.807, 2.05) is 0 Å². The lowest BCUT2D eigenvalue weighted by atomic mass is 10.00. The molecule has 0 radical (unpaired) electrons. The molecule has 0 bridgehead atoms. The van der Waals surface area contributed by atoms with Crippen LogP contribution >= 0.6 is 24.8 Å². The predicted molar refractivity (Wildman–Crippen MR) is 92.6 cm³/mol. The molecule has 6 heteroatoms. The van der Waals surface area contributed by atoms with Gasteiger partial charge in [0.2, 0.25) is 5.91 Å². The zero-order chi connectivity index (χ0) is 13.7. The van der Waals surface area contributed by atoms with Crippen LogP contribution in [0.2, 0.25) is 0 Å². The van der Waals surface area contributed by atoms with Gasteiger partial charge >= 0.3 is 0 Å². The third-order valence-corrected chi connectivity index (χ3v) is 4.27. The van der Waals surface area contributed by atoms with Crippen LogP contribution in [-0.2, 0) is 4.79 Å². The Bertz CT molecular complexity index is 299. The molecule has 4 nitrogen and oxygen atoms in total. The molecule has 0 aromatic heterocycles. The predicted octanol–water partition coefficient (Wildman–Crippen LogP) is 2.21. The Morgan fingerprint density at radius 1 is 1.33 bits per heavy atom. The van der Waals surface area contributed by atoms with Crippen molar-refractivity contribution in [1.29, 1.82) is 0 Å². The Morgan fingerprint density at radius 2 is 2.10 bits per heavy atom. The first-order valence-electron chi connectivity index (χ1n) is 7.88. The summed E-state index contributed by atoms with van der Waals surface area (Å²) in [5.41, 5.74) is 0. The zero-order valence-electron chi connectivity index (χ0n) is 13.3. The van der Waals surface area contributed by atoms with Crippen LogP contribution in [0.3, 0.4) is 0 Å². The molecule has 3 unspecified atom stereocenters. The second kappa shape index (κ2) is 10.7. The van der Waals surface area contributed by atoms with E-state index >= 15 is 0 Å². The molecule has 2 heterocycles. The Kier molecular flexibility index (Phi) is 10.6. The molecule has 2 aliphatic heterocycles. The van der Waals surface area contributed by atoms with Gasteiger partial charge in [0.15, 0.2) is 0 Å². The molecule has 0 aliphatic carbocycles. The lowest BCUT2D eigenvalue weighted by Gasteiger charge is -2.33. The topological polar surface area (TPSA) is 44.4 Å². The van der Waals surface area contributed by atoms with E-state index < -0.39 is 0 Å². The van der Waals surface area contributed by atoms with Crippen LogP contribution in [0.5, 0.6) is 0 Å². The van der Waals surface area contributed by atoms with Gasteiger partial charge in [-0.2, -0.15) is 0 Å². The Morgan fingerprint density at radius 3 is 2.71 bits per heavy atom. The van der Waals surface area contributed by atoms with Gasteiger partial charge in [-0.25, -0.2) is 0 Å². The first-order chi connectivity index (χ1) is 9.13. The van der Waals surface area contributed by atoms with Crippen LogP contribution in [0, 0.1) is 5.92 Å². The fourth-order valence-electron chi connectivity index (χ4n) is 3.37. The first kappa shape index (κ1) is 21.0. The van der Waals surface area contributed by atoms with Gasteiger partial charge in [-0.3, -0.25) is 4.79 Å². The van der Waals surface area contributed by atoms with Crippen LogP contribution < -0.4 is 10.6 Å². The fraction of sp³-hybridized carbons (Fsp3) is 0.933. The fourth-order valence-corrected chi connectivity index (χ4v) is 3.37. The summed E-state index contributed by atoms with van der Waals surface area (Å²) in [4.78, 5) is 14.4. The molecule has 2 fully saturated rings. The number of piperidine rings is 1. The van der Waals surface area contributed by atoms with Gasteiger partial charge in [-0.15, -0.1) is 24.8 Å². The lowest BCUT2D eigenvalue weighted by molar-refractivity contribution is -0.122. The summed E-state index contributed by atoms with van der Waals surface area (Å²) >= 11 is 0. The normalized spacial score (nSPS) is 27.3. The molecule has 2 aliphatic rings. The maximum atomic E-state index is 11.9. The summed E-state index contributed by atoms with van der Waals surface area (Å²) in [6.07, 6.45) is 5.64. The number of likely N-dealkylation sites (tertiary alicyclic amines) is 1. The van der Waals surface area contributed by atoms with Crippen molar-refractivity contribution in [3.05, 3.63) is 0 Å². The van der Waals surface area contributed by atoms with Crippen molar-refractivity contribution in [1.82, 2.24) is 15.5 Å². The van der Waals surface area contributed by atoms with Gasteiger partial charge in [-0.1, -0.05) is 6.92 Å². The highest BCUT2D eigenvalue weighted by Gasteiger charge is 2.21. The number of halogens is 2. The molecule has 0 spiro atoms. The molecule has 1 amide bonds. The SMILES string of the molecule is CC1CCCN(CC(C)NC(=O)CC2CCCN2)C1.Cl.Cl. The van der Waals surface area contributed by atoms with Gasteiger partial charge in [0.05, 0.1) is 0 Å². The Labute approximate surface area is 141 Å². The van der Waals surface area contributed by atoms with Crippen LogP contribution in [0.1, 0.15) is 46.0 Å². The maximum absolute atomic E-state index is 11.9. The van der Waals surface area contributed by atoms with E-state index in [0.717, 1.165) is 25.4 Å². The van der Waals surface area contributed by atoms with Crippen molar-refractivity contribution in [2.75, 3.05) is 26.2 Å². The van der Waals surface area contributed by atoms with E-state index in [4.69, 9.17) is 0 Å². The largest absolute Gasteiger partial charge is 0.352 e. The molecule has 21 heavy (non-hydrogen) atoms. The van der Waals surface area contributed by atoms with E-state index in [-0.39, 0.29) is 36.8 Å². The molecule has 0 aromatic rings. The number of amides is 1. The third-order valence-electron chi connectivity index (χ3n) is 4.27. The van der Waals surface area contributed by atoms with Crippen LogP contribution in [0.25, 0.3) is 0 Å². The maximum Gasteiger partial charge on any atom is 0.221 e. The van der Waals surface area contributed by atoms with E-state index in [9.17, 15) is 4.79 Å². The Balaban J connectivity index is 0.00000200. The van der Waals surface area contributed by atoms with Crippen LogP contribution in [-0.4, -0.2) is 49.1 Å². The van der Waals surface area contributed by atoms with E-state index in [0.29, 0.717) is 12.5 Å². The number of rotatable bonds is 5. The van der Waals surface area contributed by atoms with E-state index in [1.54, 1.807) is 0 Å². The molecule has 0 saturated carbocycles. The van der Waals surface area contributed by atoms with E-state index in [1.165, 1.54) is 32.4 Å². The van der Waals surface area contributed by atoms with E-state index in [2.05, 4.69) is 29.4 Å². The molecule has 126 valence electrons. The smallest absolute Gasteiger partial charge is 0.221 e. The second-order valence-electron chi connectivity index (χ2n) is 6.47. The van der Waals surface area contributed by atoms with Crippen LogP contribution in [0.4, 0.5) is 0 Å². The summed E-state index contributed by atoms with van der Waals surface area (Å²) in [5, 5.41) is 6.52. The zero-order valence-corrected chi connectivity index (χ0v) is 14.9. The second-order valence-corrected chi connectivity index (χ2v) is 6.47. The van der Waals surface area contributed by atoms with Crippen molar-refractivity contribution >= 4 is 30.7 Å². The quantitative estimate of drug-likeness (QED) is 0.807. The molecule has 2 saturated heterocycles. The molecule has 0 aromatic carbocycles. The average Bonchev–Trinajstić information content (AvgIpc) is 2.81. The summed E-state index contributed by atoms with van der Waals surface area (Å²) < 4.78 is 0. The summed E-state index contributed by atoms with van der Waals surface area (Å²) in [7, 11) is 0. The lowest BCUT2D eigenvalue weighted by Crippen LogP contribution is -2.46. The monoisotopic (exact) mass is 339 g/mol. The summed E-state index contributed by atoms with van der Waals surface area (Å²) in [6.45, 7) is 8.88. The standard InChI is InChI=1S/C15H29N3O.2ClH/c1-12-5-4-8-18(10-12)11-13(2)17-15(19)9-14-6-3-7-16-14;;/h12-14,16H,3-11H2,1-2H3,(H,17,19);2*1H. The molecule has 2 rings (SSSR count). The highest BCUT2D eigenvalue weighted by atomic mass is 35.5. The van der Waals surface area contributed by atoms with Crippen LogP contribution in [0.15, 0.2) is 0 Å². The molecular formula is C15H31Cl2N3O. The van der Waals surface area contributed by atoms with Crippen molar-refractivity contribution < 1.29 is 4.79 Å². The van der Waals surface area contributed by atoms with Gasteiger partial charge in [0, 0.05) is 31.6 Å². The molecule has 3 atom stereocenters. The van der Waals surface area contributed by atoms with Crippen molar-refractivity contribution in [3.8, 4) is 0 Å². The number of nitrogens with one attached hydrogen (secondary N) is 2. The number of hydrogen-bond donors (Lipinski definition) is 2. The summed E-state index contributed by atoms with van der Waals surface area (Å²) in [5.74, 6) is 1.01. The highest BCUT2D eigenvalue weighted by molar-refractivity contribution is 5.85. The molecular weight excluding hydrogens is 309 g/mol. The number of carbonyl (C=O) groups is 1. The van der Waals surface area contributed by atoms with Crippen molar-refractivity contribution in [2.24, 2.45) is 5.92 Å². The minimum absolute atomic E-state index is 0. The highest BCUT2D eigenvalue weighted by Crippen LogP contribution is 2.15. The number of carbonyl (C=O) groups excluding carboxylic acids is 1. The van der Waals surface area contributed by atoms with Crippen molar-refractivity contribution in [2.45, 2.75) is 58.0 Å². The Hall–Kier alpha value is -0.0300. The van der Waals surface area contributed by atoms with Gasteiger partial charge < -0.3 is 15.5 Å². The summed E-state index contributed by atoms with van der Waals surface area (Å²) in [6, 6.07) is 0.668. The van der Waals surface area contributed by atoms with Gasteiger partial charge in [0.1, 0.15) is 0 Å². The molecule has 2 N–H and O–H groups in total. The third kappa shape index (κ3) is 7.68. The van der Waals surface area contributed by atoms with Crippen molar-refractivity contribution in [3.63, 3.8) is 0 Å². The minimum atomic E-state index is 0. The number of hydrogen-bond acceptors (Lipinski definition) is 3.